The molecule has 0 aromatic carbocycles. The van der Waals surface area contributed by atoms with Gasteiger partial charge >= 0.3 is 0 Å². The maximum absolute atomic E-state index is 5.28. The number of hydrogen-bond donors (Lipinski definition) is 0. The monoisotopic (exact) mass is 214 g/mol. The number of thioether (sulfide) groups is 1. The minimum Gasteiger partial charge on any atom is -0.381 e. The lowest BCUT2D eigenvalue weighted by Crippen LogP contribution is -2.00. The van der Waals surface area contributed by atoms with E-state index in [2.05, 4.69) is 16.4 Å². The zero-order valence-corrected chi connectivity index (χ0v) is 9.05. The Kier molecular flexibility index (Phi) is 3.42. The summed E-state index contributed by atoms with van der Waals surface area (Å²) in [5.74, 6) is 2.95. The smallest absolute Gasteiger partial charge is 0.227 e. The van der Waals surface area contributed by atoms with Crippen LogP contribution in [0.25, 0.3) is 0 Å². The van der Waals surface area contributed by atoms with Crippen LogP contribution in [0.1, 0.15) is 24.1 Å². The van der Waals surface area contributed by atoms with Crippen molar-refractivity contribution < 1.29 is 9.26 Å². The first-order valence-electron chi connectivity index (χ1n) is 4.79. The molecular formula is C9H14N2O2S. The van der Waals surface area contributed by atoms with E-state index in [4.69, 9.17) is 9.26 Å². The zero-order valence-electron chi connectivity index (χ0n) is 8.23. The summed E-state index contributed by atoms with van der Waals surface area (Å²) in [6, 6.07) is 0. The molecule has 1 aromatic rings. The van der Waals surface area contributed by atoms with Crippen LogP contribution >= 0.6 is 11.8 Å². The van der Waals surface area contributed by atoms with Crippen LogP contribution in [0, 0.1) is 0 Å². The van der Waals surface area contributed by atoms with Crippen molar-refractivity contribution in [2.75, 3.05) is 25.2 Å². The molecule has 0 aliphatic carbocycles. The summed E-state index contributed by atoms with van der Waals surface area (Å²) in [6.45, 7) is 1.56. The number of aromatic nitrogens is 2. The van der Waals surface area contributed by atoms with Gasteiger partial charge in [0.2, 0.25) is 5.89 Å². The van der Waals surface area contributed by atoms with Gasteiger partial charge in [-0.3, -0.25) is 0 Å². The van der Waals surface area contributed by atoms with E-state index in [9.17, 15) is 0 Å². The summed E-state index contributed by atoms with van der Waals surface area (Å²) < 4.78 is 10.4. The molecule has 4 nitrogen and oxygen atoms in total. The molecule has 78 valence electrons. The Balaban J connectivity index is 1.94. The second-order valence-electron chi connectivity index (χ2n) is 3.35. The molecule has 1 aliphatic rings. The molecule has 0 amide bonds. The van der Waals surface area contributed by atoms with E-state index in [-0.39, 0.29) is 0 Å². The first kappa shape index (κ1) is 9.98. The third-order valence-corrected chi connectivity index (χ3v) is 2.91. The molecule has 0 saturated carbocycles. The fourth-order valence-electron chi connectivity index (χ4n) is 1.46. The van der Waals surface area contributed by atoms with E-state index in [0.717, 1.165) is 43.5 Å². The van der Waals surface area contributed by atoms with Gasteiger partial charge in [-0.1, -0.05) is 5.16 Å². The van der Waals surface area contributed by atoms with Gasteiger partial charge in [0.05, 0.1) is 6.61 Å². The topological polar surface area (TPSA) is 48.2 Å². The van der Waals surface area contributed by atoms with Crippen LogP contribution in [0.2, 0.25) is 0 Å². The van der Waals surface area contributed by atoms with Crippen molar-refractivity contribution >= 4 is 11.8 Å². The lowest BCUT2D eigenvalue weighted by Gasteiger charge is -1.97. The molecule has 0 unspecified atom stereocenters. The minimum absolute atomic E-state index is 0.349. The molecule has 1 aromatic heterocycles. The Hall–Kier alpha value is -0.550. The van der Waals surface area contributed by atoms with Gasteiger partial charge in [0.25, 0.3) is 0 Å². The molecule has 0 spiro atoms. The van der Waals surface area contributed by atoms with E-state index in [1.807, 2.05) is 0 Å². The lowest BCUT2D eigenvalue weighted by molar-refractivity contribution is 0.192. The molecule has 1 saturated heterocycles. The Bertz CT molecular complexity index is 284. The predicted octanol–water partition coefficient (Wildman–Crippen LogP) is 1.48. The third kappa shape index (κ3) is 2.27. The highest BCUT2D eigenvalue weighted by atomic mass is 32.2. The summed E-state index contributed by atoms with van der Waals surface area (Å²) in [7, 11) is 0. The van der Waals surface area contributed by atoms with E-state index in [0.29, 0.717) is 5.92 Å². The van der Waals surface area contributed by atoms with Gasteiger partial charge in [0.15, 0.2) is 5.82 Å². The molecule has 2 heterocycles. The maximum atomic E-state index is 5.28. The van der Waals surface area contributed by atoms with Gasteiger partial charge in [-0.25, -0.2) is 0 Å². The maximum Gasteiger partial charge on any atom is 0.227 e. The number of ether oxygens (including phenoxy) is 1. The highest BCUT2D eigenvalue weighted by Gasteiger charge is 2.22. The van der Waals surface area contributed by atoms with Crippen LogP contribution in [-0.4, -0.2) is 35.4 Å². The molecule has 14 heavy (non-hydrogen) atoms. The average Bonchev–Trinajstić information content (AvgIpc) is 2.85. The van der Waals surface area contributed by atoms with E-state index >= 15 is 0 Å². The SMILES string of the molecule is CSCCc1nc([C@@H]2CCOC2)no1. The summed E-state index contributed by atoms with van der Waals surface area (Å²) in [5, 5.41) is 3.98. The largest absolute Gasteiger partial charge is 0.381 e. The molecular weight excluding hydrogens is 200 g/mol. The second-order valence-corrected chi connectivity index (χ2v) is 4.34. The van der Waals surface area contributed by atoms with Crippen molar-refractivity contribution in [1.82, 2.24) is 10.1 Å². The average molecular weight is 214 g/mol. The molecule has 2 rings (SSSR count). The predicted molar refractivity (Wildman–Crippen MR) is 54.6 cm³/mol. The minimum atomic E-state index is 0.349. The Morgan fingerprint density at radius 2 is 2.50 bits per heavy atom. The van der Waals surface area contributed by atoms with Gasteiger partial charge < -0.3 is 9.26 Å². The first-order chi connectivity index (χ1) is 6.90. The van der Waals surface area contributed by atoms with Crippen molar-refractivity contribution in [2.24, 2.45) is 0 Å². The molecule has 0 radical (unpaired) electrons. The van der Waals surface area contributed by atoms with E-state index in [1.165, 1.54) is 0 Å². The highest BCUT2D eigenvalue weighted by Crippen LogP contribution is 2.22. The van der Waals surface area contributed by atoms with Crippen LogP contribution in [0.5, 0.6) is 0 Å². The summed E-state index contributed by atoms with van der Waals surface area (Å²) in [5.41, 5.74) is 0. The van der Waals surface area contributed by atoms with Crippen molar-refractivity contribution in [3.63, 3.8) is 0 Å². The molecule has 0 bridgehead atoms. The Morgan fingerprint density at radius 3 is 3.21 bits per heavy atom. The highest BCUT2D eigenvalue weighted by molar-refractivity contribution is 7.98. The number of rotatable bonds is 4. The zero-order chi connectivity index (χ0) is 9.80. The quantitative estimate of drug-likeness (QED) is 0.759. The van der Waals surface area contributed by atoms with Crippen LogP contribution < -0.4 is 0 Å². The second kappa shape index (κ2) is 4.79. The van der Waals surface area contributed by atoms with E-state index in [1.54, 1.807) is 11.8 Å². The van der Waals surface area contributed by atoms with E-state index < -0.39 is 0 Å². The van der Waals surface area contributed by atoms with Crippen molar-refractivity contribution in [2.45, 2.75) is 18.8 Å². The first-order valence-corrected chi connectivity index (χ1v) is 6.18. The third-order valence-electron chi connectivity index (χ3n) is 2.30. The summed E-state index contributed by atoms with van der Waals surface area (Å²) in [4.78, 5) is 4.36. The Labute approximate surface area is 87.4 Å². The lowest BCUT2D eigenvalue weighted by atomic mass is 10.1. The number of hydrogen-bond acceptors (Lipinski definition) is 5. The Morgan fingerprint density at radius 1 is 1.57 bits per heavy atom. The van der Waals surface area contributed by atoms with Gasteiger partial charge in [-0.15, -0.1) is 0 Å². The van der Waals surface area contributed by atoms with Gasteiger partial charge in [0.1, 0.15) is 0 Å². The fraction of sp³-hybridized carbons (Fsp3) is 0.778. The summed E-state index contributed by atoms with van der Waals surface area (Å²) in [6.07, 6.45) is 3.95. The van der Waals surface area contributed by atoms with Gasteiger partial charge in [-0.05, 0) is 12.7 Å². The van der Waals surface area contributed by atoms with Crippen LogP contribution in [0.15, 0.2) is 4.52 Å². The number of nitrogens with zero attached hydrogens (tertiary/aromatic N) is 2. The normalized spacial score (nSPS) is 21.6. The molecule has 1 aliphatic heterocycles. The fourth-order valence-corrected chi connectivity index (χ4v) is 1.84. The van der Waals surface area contributed by atoms with Crippen LogP contribution in [0.4, 0.5) is 0 Å². The van der Waals surface area contributed by atoms with Crippen molar-refractivity contribution in [3.05, 3.63) is 11.7 Å². The van der Waals surface area contributed by atoms with Crippen molar-refractivity contribution in [3.8, 4) is 0 Å². The molecule has 0 N–H and O–H groups in total. The molecule has 5 heteroatoms. The van der Waals surface area contributed by atoms with Crippen molar-refractivity contribution in [1.29, 1.82) is 0 Å². The molecule has 1 atom stereocenters. The van der Waals surface area contributed by atoms with Crippen LogP contribution in [0.3, 0.4) is 0 Å². The van der Waals surface area contributed by atoms with Gasteiger partial charge in [-0.2, -0.15) is 16.7 Å². The standard InChI is InChI=1S/C9H14N2O2S/c1-14-5-3-8-10-9(11-13-8)7-2-4-12-6-7/h7H,2-6H2,1H3/t7-/m1/s1. The summed E-state index contributed by atoms with van der Waals surface area (Å²) >= 11 is 1.79. The number of aryl methyl sites for hydroxylation is 1. The molecule has 1 fully saturated rings. The van der Waals surface area contributed by atoms with Crippen LogP contribution in [-0.2, 0) is 11.2 Å². The van der Waals surface area contributed by atoms with Gasteiger partial charge in [0, 0.05) is 24.7 Å².